The highest BCUT2D eigenvalue weighted by Crippen LogP contribution is 2.25. The molecule has 7 nitrogen and oxygen atoms in total. The smallest absolute Gasteiger partial charge is 0.321 e. The molecule has 1 heterocycles. The van der Waals surface area contributed by atoms with Gasteiger partial charge in [0.1, 0.15) is 5.75 Å². The van der Waals surface area contributed by atoms with Crippen molar-refractivity contribution in [1.82, 2.24) is 20.6 Å². The Labute approximate surface area is 138 Å². The van der Waals surface area contributed by atoms with Crippen molar-refractivity contribution in [2.45, 2.75) is 31.2 Å². The van der Waals surface area contributed by atoms with E-state index in [0.717, 1.165) is 16.8 Å². The number of benzene rings is 1. The predicted octanol–water partition coefficient (Wildman–Crippen LogP) is 2.29. The van der Waals surface area contributed by atoms with Crippen molar-refractivity contribution in [1.29, 1.82) is 0 Å². The van der Waals surface area contributed by atoms with E-state index in [4.69, 9.17) is 4.74 Å². The number of imidazole rings is 1. The summed E-state index contributed by atoms with van der Waals surface area (Å²) in [5, 5.41) is 4.97. The number of aromatic nitrogens is 2. The summed E-state index contributed by atoms with van der Waals surface area (Å²) in [5.41, 5.74) is 1.64. The van der Waals surface area contributed by atoms with Crippen molar-refractivity contribution in [2.24, 2.45) is 0 Å². The van der Waals surface area contributed by atoms with E-state index in [1.54, 1.807) is 13.8 Å². The monoisotopic (exact) mass is 336 g/mol. The molecule has 0 saturated heterocycles. The van der Waals surface area contributed by atoms with Crippen LogP contribution in [-0.2, 0) is 4.79 Å². The molecule has 2 rings (SSSR count). The first-order valence-corrected chi connectivity index (χ1v) is 8.29. The number of aromatic amines is 1. The molecule has 0 bridgehead atoms. The SMILES string of the molecule is CCNC(=O)NC(=O)[C@H](C)Sc1nc2ccc(OCC)cc2[nH]1. The van der Waals surface area contributed by atoms with Crippen LogP contribution in [0.2, 0.25) is 0 Å². The maximum atomic E-state index is 11.9. The summed E-state index contributed by atoms with van der Waals surface area (Å²) < 4.78 is 5.45. The number of amides is 3. The van der Waals surface area contributed by atoms with Crippen LogP contribution in [0, 0.1) is 0 Å². The lowest BCUT2D eigenvalue weighted by Gasteiger charge is -2.09. The first kappa shape index (κ1) is 17.1. The molecular weight excluding hydrogens is 316 g/mol. The number of rotatable bonds is 6. The lowest BCUT2D eigenvalue weighted by Crippen LogP contribution is -2.42. The standard InChI is InChI=1S/C15H20N4O3S/c1-4-16-14(21)19-13(20)9(3)23-15-17-11-7-6-10(22-5-2)8-12(11)18-15/h6-9H,4-5H2,1-3H3,(H,17,18)(H2,16,19,20,21)/t9-/m0/s1. The van der Waals surface area contributed by atoms with Crippen LogP contribution in [0.15, 0.2) is 23.4 Å². The minimum Gasteiger partial charge on any atom is -0.494 e. The Kier molecular flexibility index (Phi) is 5.86. The number of nitrogens with zero attached hydrogens (tertiary/aromatic N) is 1. The summed E-state index contributed by atoms with van der Waals surface area (Å²) in [7, 11) is 0. The van der Waals surface area contributed by atoms with Crippen LogP contribution >= 0.6 is 11.8 Å². The summed E-state index contributed by atoms with van der Waals surface area (Å²) >= 11 is 1.26. The van der Waals surface area contributed by atoms with Crippen molar-refractivity contribution in [3.8, 4) is 5.75 Å². The molecule has 1 aromatic carbocycles. The zero-order valence-corrected chi connectivity index (χ0v) is 14.1. The lowest BCUT2D eigenvalue weighted by atomic mass is 10.3. The topological polar surface area (TPSA) is 96.1 Å². The Morgan fingerprint density at radius 2 is 2.17 bits per heavy atom. The molecule has 23 heavy (non-hydrogen) atoms. The molecule has 1 aromatic heterocycles. The first-order chi connectivity index (χ1) is 11.0. The van der Waals surface area contributed by atoms with Crippen LogP contribution in [0.3, 0.4) is 0 Å². The summed E-state index contributed by atoms with van der Waals surface area (Å²) in [6.07, 6.45) is 0. The van der Waals surface area contributed by atoms with Crippen molar-refractivity contribution < 1.29 is 14.3 Å². The van der Waals surface area contributed by atoms with E-state index < -0.39 is 11.3 Å². The normalized spacial score (nSPS) is 12.0. The molecule has 3 N–H and O–H groups in total. The molecule has 0 aliphatic rings. The fraction of sp³-hybridized carbons (Fsp3) is 0.400. The van der Waals surface area contributed by atoms with Crippen molar-refractivity contribution in [2.75, 3.05) is 13.2 Å². The van der Waals surface area contributed by atoms with Crippen LogP contribution in [0.5, 0.6) is 5.75 Å². The number of H-pyrrole nitrogens is 1. The van der Waals surface area contributed by atoms with E-state index in [0.29, 0.717) is 18.3 Å². The molecule has 1 atom stereocenters. The largest absolute Gasteiger partial charge is 0.494 e. The van der Waals surface area contributed by atoms with E-state index in [1.807, 2.05) is 25.1 Å². The predicted molar refractivity (Wildman–Crippen MR) is 89.8 cm³/mol. The van der Waals surface area contributed by atoms with Crippen molar-refractivity contribution in [3.63, 3.8) is 0 Å². The Balaban J connectivity index is 2.03. The number of carbonyl (C=O) groups is 2. The average molecular weight is 336 g/mol. The van der Waals surface area contributed by atoms with Crippen molar-refractivity contribution >= 4 is 34.7 Å². The molecule has 0 aliphatic carbocycles. The number of urea groups is 1. The fourth-order valence-corrected chi connectivity index (χ4v) is 2.74. The van der Waals surface area contributed by atoms with Gasteiger partial charge in [-0.3, -0.25) is 10.1 Å². The Morgan fingerprint density at radius 3 is 2.87 bits per heavy atom. The van der Waals surface area contributed by atoms with Crippen LogP contribution in [0.4, 0.5) is 4.79 Å². The summed E-state index contributed by atoms with van der Waals surface area (Å²) in [4.78, 5) is 30.9. The minimum absolute atomic E-state index is 0.364. The maximum Gasteiger partial charge on any atom is 0.321 e. The van der Waals surface area contributed by atoms with E-state index in [-0.39, 0.29) is 5.91 Å². The van der Waals surface area contributed by atoms with Crippen LogP contribution in [0.1, 0.15) is 20.8 Å². The third-order valence-electron chi connectivity index (χ3n) is 2.97. The number of ether oxygens (including phenoxy) is 1. The Hall–Kier alpha value is -2.22. The van der Waals surface area contributed by atoms with Gasteiger partial charge in [0.25, 0.3) is 0 Å². The number of thioether (sulfide) groups is 1. The number of hydrogen-bond donors (Lipinski definition) is 3. The lowest BCUT2D eigenvalue weighted by molar-refractivity contribution is -0.119. The molecular formula is C15H20N4O3S. The number of fused-ring (bicyclic) bond motifs is 1. The number of nitrogens with one attached hydrogen (secondary N) is 3. The first-order valence-electron chi connectivity index (χ1n) is 7.41. The molecule has 0 spiro atoms. The van der Waals surface area contributed by atoms with Crippen LogP contribution < -0.4 is 15.4 Å². The van der Waals surface area contributed by atoms with E-state index in [9.17, 15) is 9.59 Å². The number of carbonyl (C=O) groups excluding carboxylic acids is 2. The Bertz CT molecular complexity index is 701. The van der Waals surface area contributed by atoms with Crippen LogP contribution in [-0.4, -0.2) is 40.3 Å². The molecule has 8 heteroatoms. The molecule has 124 valence electrons. The quantitative estimate of drug-likeness (QED) is 0.703. The van der Waals surface area contributed by atoms with Gasteiger partial charge in [-0.2, -0.15) is 0 Å². The average Bonchev–Trinajstić information content (AvgIpc) is 2.89. The van der Waals surface area contributed by atoms with Gasteiger partial charge in [0, 0.05) is 12.6 Å². The second-order valence-corrected chi connectivity index (χ2v) is 6.09. The second-order valence-electron chi connectivity index (χ2n) is 4.76. The molecule has 2 aromatic rings. The molecule has 0 aliphatic heterocycles. The van der Waals surface area contributed by atoms with Gasteiger partial charge >= 0.3 is 6.03 Å². The maximum absolute atomic E-state index is 11.9. The van der Waals surface area contributed by atoms with Gasteiger partial charge in [-0.05, 0) is 32.9 Å². The minimum atomic E-state index is -0.490. The highest BCUT2D eigenvalue weighted by atomic mass is 32.2. The molecule has 0 fully saturated rings. The molecule has 3 amide bonds. The molecule has 0 saturated carbocycles. The van der Waals surface area contributed by atoms with E-state index in [2.05, 4.69) is 20.6 Å². The van der Waals surface area contributed by atoms with Gasteiger partial charge in [0.05, 0.1) is 22.9 Å². The van der Waals surface area contributed by atoms with Gasteiger partial charge < -0.3 is 15.0 Å². The summed E-state index contributed by atoms with van der Waals surface area (Å²) in [5.74, 6) is 0.402. The third kappa shape index (κ3) is 4.62. The second kappa shape index (κ2) is 7.87. The zero-order chi connectivity index (χ0) is 16.8. The Morgan fingerprint density at radius 1 is 1.39 bits per heavy atom. The zero-order valence-electron chi connectivity index (χ0n) is 13.3. The van der Waals surface area contributed by atoms with Gasteiger partial charge in [0.2, 0.25) is 5.91 Å². The van der Waals surface area contributed by atoms with E-state index in [1.165, 1.54) is 11.8 Å². The van der Waals surface area contributed by atoms with Gasteiger partial charge in [0.15, 0.2) is 5.16 Å². The fourth-order valence-electron chi connectivity index (χ4n) is 1.92. The molecule has 0 unspecified atom stereocenters. The number of hydrogen-bond acceptors (Lipinski definition) is 5. The van der Waals surface area contributed by atoms with E-state index >= 15 is 0 Å². The van der Waals surface area contributed by atoms with Crippen LogP contribution in [0.25, 0.3) is 11.0 Å². The van der Waals surface area contributed by atoms with Gasteiger partial charge in [-0.15, -0.1) is 0 Å². The molecule has 0 radical (unpaired) electrons. The number of imide groups is 1. The highest BCUT2D eigenvalue weighted by Gasteiger charge is 2.18. The van der Waals surface area contributed by atoms with Crippen molar-refractivity contribution in [3.05, 3.63) is 18.2 Å². The van der Waals surface area contributed by atoms with Gasteiger partial charge in [-0.1, -0.05) is 11.8 Å². The third-order valence-corrected chi connectivity index (χ3v) is 3.96. The summed E-state index contributed by atoms with van der Waals surface area (Å²) in [6, 6.07) is 5.10. The van der Waals surface area contributed by atoms with Gasteiger partial charge in [-0.25, -0.2) is 9.78 Å². The highest BCUT2D eigenvalue weighted by molar-refractivity contribution is 8.00. The summed E-state index contributed by atoms with van der Waals surface area (Å²) in [6.45, 7) is 6.49.